The fourth-order valence-electron chi connectivity index (χ4n) is 1.85. The van der Waals surface area contributed by atoms with Crippen LogP contribution in [0.3, 0.4) is 0 Å². The molecule has 0 heterocycles. The summed E-state index contributed by atoms with van der Waals surface area (Å²) in [5.41, 5.74) is -0.136. The van der Waals surface area contributed by atoms with Crippen LogP contribution >= 0.6 is 11.6 Å². The van der Waals surface area contributed by atoms with Crippen molar-refractivity contribution in [1.82, 2.24) is 0 Å². The molecule has 1 aliphatic carbocycles. The standard InChI is InChI=1S/C12H13ClO/c1-9-7-8-12(14,11(9)13)10-5-3-2-4-6-10/h2-9,11,14H,1H3. The van der Waals surface area contributed by atoms with Gasteiger partial charge in [-0.2, -0.15) is 0 Å². The molecule has 0 amide bonds. The number of aliphatic hydroxyl groups is 1. The predicted octanol–water partition coefficient (Wildman–Crippen LogP) is 2.69. The first-order chi connectivity index (χ1) is 6.64. The maximum absolute atomic E-state index is 10.4. The minimum atomic E-state index is -0.998. The number of benzene rings is 1. The zero-order chi connectivity index (χ0) is 10.2. The van der Waals surface area contributed by atoms with E-state index in [0.717, 1.165) is 5.56 Å². The van der Waals surface area contributed by atoms with Gasteiger partial charge in [0.2, 0.25) is 0 Å². The molecule has 1 aromatic rings. The lowest BCUT2D eigenvalue weighted by Gasteiger charge is -2.27. The van der Waals surface area contributed by atoms with Gasteiger partial charge in [0.1, 0.15) is 5.60 Å². The van der Waals surface area contributed by atoms with Crippen molar-refractivity contribution in [3.05, 3.63) is 48.0 Å². The summed E-state index contributed by atoms with van der Waals surface area (Å²) in [6.45, 7) is 2.01. The van der Waals surface area contributed by atoms with E-state index in [2.05, 4.69) is 0 Å². The highest BCUT2D eigenvalue weighted by molar-refractivity contribution is 6.22. The average Bonchev–Trinajstić information content (AvgIpc) is 2.49. The first kappa shape index (κ1) is 9.75. The van der Waals surface area contributed by atoms with Gasteiger partial charge >= 0.3 is 0 Å². The molecule has 0 bridgehead atoms. The normalized spacial score (nSPS) is 36.2. The molecule has 1 N–H and O–H groups in total. The lowest BCUT2D eigenvalue weighted by Crippen LogP contribution is -2.33. The van der Waals surface area contributed by atoms with Crippen LogP contribution in [-0.4, -0.2) is 10.5 Å². The van der Waals surface area contributed by atoms with Crippen LogP contribution < -0.4 is 0 Å². The van der Waals surface area contributed by atoms with Crippen molar-refractivity contribution < 1.29 is 5.11 Å². The van der Waals surface area contributed by atoms with Crippen LogP contribution in [0.25, 0.3) is 0 Å². The minimum absolute atomic E-state index is 0.210. The van der Waals surface area contributed by atoms with E-state index >= 15 is 0 Å². The molecule has 0 saturated heterocycles. The summed E-state index contributed by atoms with van der Waals surface area (Å²) >= 11 is 6.19. The van der Waals surface area contributed by atoms with E-state index in [4.69, 9.17) is 11.6 Å². The quantitative estimate of drug-likeness (QED) is 0.556. The van der Waals surface area contributed by atoms with E-state index in [1.165, 1.54) is 0 Å². The monoisotopic (exact) mass is 208 g/mol. The molecule has 74 valence electrons. The van der Waals surface area contributed by atoms with Crippen molar-refractivity contribution in [3.63, 3.8) is 0 Å². The molecule has 1 aromatic carbocycles. The largest absolute Gasteiger partial charge is 0.379 e. The SMILES string of the molecule is CC1C=CC(O)(c2ccccc2)C1Cl. The maximum Gasteiger partial charge on any atom is 0.125 e. The Morgan fingerprint density at radius 1 is 1.29 bits per heavy atom. The molecule has 3 unspecified atom stereocenters. The van der Waals surface area contributed by atoms with Crippen LogP contribution in [-0.2, 0) is 5.60 Å². The van der Waals surface area contributed by atoms with Gasteiger partial charge in [0.15, 0.2) is 0 Å². The van der Waals surface area contributed by atoms with Crippen molar-refractivity contribution in [2.24, 2.45) is 5.92 Å². The van der Waals surface area contributed by atoms with Crippen molar-refractivity contribution >= 4 is 11.6 Å². The zero-order valence-corrected chi connectivity index (χ0v) is 8.78. The van der Waals surface area contributed by atoms with Crippen LogP contribution in [0.15, 0.2) is 42.5 Å². The molecule has 2 rings (SSSR count). The smallest absolute Gasteiger partial charge is 0.125 e. The molecule has 0 spiro atoms. The summed E-state index contributed by atoms with van der Waals surface area (Å²) in [5, 5.41) is 10.1. The number of allylic oxidation sites excluding steroid dienone is 1. The number of hydrogen-bond donors (Lipinski definition) is 1. The summed E-state index contributed by atoms with van der Waals surface area (Å²) < 4.78 is 0. The topological polar surface area (TPSA) is 20.2 Å². The molecule has 0 radical (unpaired) electrons. The van der Waals surface area contributed by atoms with Gasteiger partial charge in [0.25, 0.3) is 0 Å². The first-order valence-corrected chi connectivity index (χ1v) is 5.19. The summed E-state index contributed by atoms with van der Waals surface area (Å²) in [5.74, 6) is 0.210. The second kappa shape index (κ2) is 3.41. The van der Waals surface area contributed by atoms with Crippen LogP contribution in [0.5, 0.6) is 0 Å². The highest BCUT2D eigenvalue weighted by atomic mass is 35.5. The highest BCUT2D eigenvalue weighted by Gasteiger charge is 2.41. The van der Waals surface area contributed by atoms with Crippen molar-refractivity contribution in [2.45, 2.75) is 17.9 Å². The molecule has 1 aliphatic rings. The van der Waals surface area contributed by atoms with Crippen LogP contribution in [0.2, 0.25) is 0 Å². The fraction of sp³-hybridized carbons (Fsp3) is 0.333. The van der Waals surface area contributed by atoms with Gasteiger partial charge in [-0.1, -0.05) is 49.4 Å². The Bertz CT molecular complexity index is 347. The first-order valence-electron chi connectivity index (χ1n) is 4.76. The average molecular weight is 209 g/mol. The fourth-order valence-corrected chi connectivity index (χ4v) is 2.13. The molecule has 0 fully saturated rings. The van der Waals surface area contributed by atoms with Gasteiger partial charge in [-0.25, -0.2) is 0 Å². The van der Waals surface area contributed by atoms with Gasteiger partial charge in [0.05, 0.1) is 5.38 Å². The van der Waals surface area contributed by atoms with Gasteiger partial charge < -0.3 is 5.11 Å². The molecule has 0 aliphatic heterocycles. The zero-order valence-electron chi connectivity index (χ0n) is 8.02. The van der Waals surface area contributed by atoms with Gasteiger partial charge in [0, 0.05) is 0 Å². The maximum atomic E-state index is 10.4. The van der Waals surface area contributed by atoms with Crippen LogP contribution in [0.1, 0.15) is 12.5 Å². The third-order valence-electron chi connectivity index (χ3n) is 2.77. The van der Waals surface area contributed by atoms with E-state index in [-0.39, 0.29) is 11.3 Å². The summed E-state index contributed by atoms with van der Waals surface area (Å²) in [6, 6.07) is 9.55. The molecule has 2 heteroatoms. The number of hydrogen-bond acceptors (Lipinski definition) is 1. The second-order valence-corrected chi connectivity index (χ2v) is 4.28. The van der Waals surface area contributed by atoms with Crippen molar-refractivity contribution in [1.29, 1.82) is 0 Å². The minimum Gasteiger partial charge on any atom is -0.379 e. The third kappa shape index (κ3) is 1.37. The Morgan fingerprint density at radius 2 is 1.93 bits per heavy atom. The lowest BCUT2D eigenvalue weighted by molar-refractivity contribution is 0.0854. The van der Waals surface area contributed by atoms with E-state index in [1.54, 1.807) is 6.08 Å². The number of alkyl halides is 1. The molecular weight excluding hydrogens is 196 g/mol. The molecule has 0 aromatic heterocycles. The lowest BCUT2D eigenvalue weighted by atomic mass is 9.91. The third-order valence-corrected chi connectivity index (χ3v) is 3.50. The molecular formula is C12H13ClO. The Balaban J connectivity index is 2.39. The number of rotatable bonds is 1. The predicted molar refractivity (Wildman–Crippen MR) is 58.3 cm³/mol. The number of halogens is 1. The molecule has 14 heavy (non-hydrogen) atoms. The second-order valence-electron chi connectivity index (χ2n) is 3.81. The van der Waals surface area contributed by atoms with Crippen LogP contribution in [0, 0.1) is 5.92 Å². The summed E-state index contributed by atoms with van der Waals surface area (Å²) in [4.78, 5) is 0. The molecule has 3 atom stereocenters. The van der Waals surface area contributed by atoms with Gasteiger partial charge in [-0.3, -0.25) is 0 Å². The molecule has 0 saturated carbocycles. The summed E-state index contributed by atoms with van der Waals surface area (Å²) in [6.07, 6.45) is 3.76. The Kier molecular flexibility index (Phi) is 2.38. The van der Waals surface area contributed by atoms with Crippen LogP contribution in [0.4, 0.5) is 0 Å². The van der Waals surface area contributed by atoms with Crippen molar-refractivity contribution in [3.8, 4) is 0 Å². The van der Waals surface area contributed by atoms with Gasteiger partial charge in [-0.05, 0) is 11.5 Å². The Morgan fingerprint density at radius 3 is 2.43 bits per heavy atom. The van der Waals surface area contributed by atoms with E-state index in [0.29, 0.717) is 0 Å². The van der Waals surface area contributed by atoms with E-state index in [9.17, 15) is 5.11 Å². The Labute approximate surface area is 89.0 Å². The van der Waals surface area contributed by atoms with E-state index in [1.807, 2.05) is 43.3 Å². The molecule has 1 nitrogen and oxygen atoms in total. The van der Waals surface area contributed by atoms with Crippen molar-refractivity contribution in [2.75, 3.05) is 0 Å². The van der Waals surface area contributed by atoms with Gasteiger partial charge in [-0.15, -0.1) is 11.6 Å². The van der Waals surface area contributed by atoms with E-state index < -0.39 is 5.60 Å². The summed E-state index contributed by atoms with van der Waals surface area (Å²) in [7, 11) is 0. The Hall–Kier alpha value is -0.790. The highest BCUT2D eigenvalue weighted by Crippen LogP contribution is 2.39.